The summed E-state index contributed by atoms with van der Waals surface area (Å²) in [6.07, 6.45) is 9.84. The van der Waals surface area contributed by atoms with Gasteiger partial charge in [0.1, 0.15) is 11.5 Å². The van der Waals surface area contributed by atoms with Gasteiger partial charge in [0.2, 0.25) is 0 Å². The van der Waals surface area contributed by atoms with Crippen LogP contribution in [0.4, 0.5) is 5.82 Å². The van der Waals surface area contributed by atoms with Crippen LogP contribution in [-0.2, 0) is 0 Å². The Labute approximate surface area is 128 Å². The van der Waals surface area contributed by atoms with Gasteiger partial charge < -0.3 is 10.2 Å². The van der Waals surface area contributed by atoms with Gasteiger partial charge in [0.15, 0.2) is 0 Å². The lowest BCUT2D eigenvalue weighted by atomic mass is 10.0. The minimum atomic E-state index is -0.165. The van der Waals surface area contributed by atoms with E-state index in [1.165, 1.54) is 12.4 Å². The molecule has 2 aromatic rings. The van der Waals surface area contributed by atoms with Crippen LogP contribution in [0.15, 0.2) is 31.0 Å². The summed E-state index contributed by atoms with van der Waals surface area (Å²) in [7, 11) is 0. The lowest BCUT2D eigenvalue weighted by molar-refractivity contribution is 0.0925. The Morgan fingerprint density at radius 3 is 2.68 bits per heavy atom. The molecule has 0 aromatic carbocycles. The van der Waals surface area contributed by atoms with Crippen molar-refractivity contribution in [3.8, 4) is 0 Å². The Hall–Kier alpha value is -2.57. The van der Waals surface area contributed by atoms with Gasteiger partial charge in [0.05, 0.1) is 18.1 Å². The van der Waals surface area contributed by atoms with Crippen molar-refractivity contribution < 1.29 is 4.79 Å². The lowest BCUT2D eigenvalue weighted by Gasteiger charge is -2.32. The van der Waals surface area contributed by atoms with Gasteiger partial charge in [-0.1, -0.05) is 0 Å². The highest BCUT2D eigenvalue weighted by molar-refractivity contribution is 5.92. The van der Waals surface area contributed by atoms with Crippen LogP contribution in [-0.4, -0.2) is 45.0 Å². The number of anilines is 1. The van der Waals surface area contributed by atoms with E-state index in [1.807, 2.05) is 6.92 Å². The van der Waals surface area contributed by atoms with Crippen LogP contribution in [0, 0.1) is 6.92 Å². The second-order valence-corrected chi connectivity index (χ2v) is 5.34. The third-order valence-corrected chi connectivity index (χ3v) is 3.69. The van der Waals surface area contributed by atoms with E-state index in [-0.39, 0.29) is 11.9 Å². The molecule has 7 heteroatoms. The number of rotatable bonds is 3. The van der Waals surface area contributed by atoms with Gasteiger partial charge in [-0.25, -0.2) is 9.97 Å². The highest BCUT2D eigenvalue weighted by atomic mass is 16.1. The number of hydrogen-bond donors (Lipinski definition) is 1. The summed E-state index contributed by atoms with van der Waals surface area (Å²) in [6.45, 7) is 3.64. The van der Waals surface area contributed by atoms with E-state index in [1.54, 1.807) is 18.6 Å². The van der Waals surface area contributed by atoms with Gasteiger partial charge in [-0.3, -0.25) is 14.8 Å². The Balaban J connectivity index is 1.55. The predicted molar refractivity (Wildman–Crippen MR) is 81.5 cm³/mol. The van der Waals surface area contributed by atoms with Crippen LogP contribution >= 0.6 is 0 Å². The van der Waals surface area contributed by atoms with Gasteiger partial charge in [0, 0.05) is 37.7 Å². The van der Waals surface area contributed by atoms with Crippen molar-refractivity contribution in [2.24, 2.45) is 0 Å². The van der Waals surface area contributed by atoms with E-state index in [9.17, 15) is 4.79 Å². The molecule has 2 aromatic heterocycles. The monoisotopic (exact) mass is 298 g/mol. The first-order valence-electron chi connectivity index (χ1n) is 7.33. The molecular weight excluding hydrogens is 280 g/mol. The third-order valence-electron chi connectivity index (χ3n) is 3.69. The molecule has 0 radical (unpaired) electrons. The van der Waals surface area contributed by atoms with Gasteiger partial charge >= 0.3 is 0 Å². The first kappa shape index (κ1) is 14.4. The summed E-state index contributed by atoms with van der Waals surface area (Å²) >= 11 is 0. The fourth-order valence-electron chi connectivity index (χ4n) is 2.53. The van der Waals surface area contributed by atoms with Crippen LogP contribution < -0.4 is 10.2 Å². The minimum absolute atomic E-state index is 0.156. The van der Waals surface area contributed by atoms with Gasteiger partial charge in [0.25, 0.3) is 5.91 Å². The third kappa shape index (κ3) is 3.36. The molecule has 7 nitrogen and oxygen atoms in total. The zero-order valence-corrected chi connectivity index (χ0v) is 12.4. The van der Waals surface area contributed by atoms with E-state index < -0.39 is 0 Å². The number of hydrogen-bond acceptors (Lipinski definition) is 6. The second kappa shape index (κ2) is 6.46. The standard InChI is InChI=1S/C15H18N6O/c1-11-8-17-10-14(19-11)21-6-2-12(3-7-21)20-15(22)13-9-16-4-5-18-13/h4-5,8-10,12H,2-3,6-7H2,1H3,(H,20,22). The SMILES string of the molecule is Cc1cncc(N2CCC(NC(=O)c3cnccn3)CC2)n1. The van der Waals surface area contributed by atoms with E-state index in [0.29, 0.717) is 5.69 Å². The van der Waals surface area contributed by atoms with E-state index in [0.717, 1.165) is 37.4 Å². The lowest BCUT2D eigenvalue weighted by Crippen LogP contribution is -2.45. The van der Waals surface area contributed by atoms with Gasteiger partial charge in [-0.05, 0) is 19.8 Å². The average Bonchev–Trinajstić information content (AvgIpc) is 2.56. The van der Waals surface area contributed by atoms with Crippen molar-refractivity contribution >= 4 is 11.7 Å². The normalized spacial score (nSPS) is 15.6. The number of aromatic nitrogens is 4. The van der Waals surface area contributed by atoms with Gasteiger partial charge in [-0.15, -0.1) is 0 Å². The molecule has 1 aliphatic heterocycles. The number of nitrogens with zero attached hydrogens (tertiary/aromatic N) is 5. The Kier molecular flexibility index (Phi) is 4.22. The maximum absolute atomic E-state index is 12.1. The van der Waals surface area contributed by atoms with E-state index >= 15 is 0 Å². The molecule has 3 rings (SSSR count). The molecule has 0 unspecified atom stereocenters. The van der Waals surface area contributed by atoms with Crippen molar-refractivity contribution in [3.05, 3.63) is 42.4 Å². The van der Waals surface area contributed by atoms with Crippen molar-refractivity contribution in [1.82, 2.24) is 25.3 Å². The Morgan fingerprint density at radius 1 is 1.18 bits per heavy atom. The van der Waals surface area contributed by atoms with Crippen LogP contribution in [0.3, 0.4) is 0 Å². The van der Waals surface area contributed by atoms with Crippen molar-refractivity contribution in [1.29, 1.82) is 0 Å². The van der Waals surface area contributed by atoms with E-state index in [2.05, 4.69) is 30.2 Å². The molecule has 1 fully saturated rings. The average molecular weight is 298 g/mol. The highest BCUT2D eigenvalue weighted by Gasteiger charge is 2.22. The molecule has 0 atom stereocenters. The van der Waals surface area contributed by atoms with Crippen molar-refractivity contribution in [2.45, 2.75) is 25.8 Å². The minimum Gasteiger partial charge on any atom is -0.355 e. The molecule has 1 amide bonds. The summed E-state index contributed by atoms with van der Waals surface area (Å²) in [6, 6.07) is 0.156. The topological polar surface area (TPSA) is 83.9 Å². The Bertz CT molecular complexity index is 639. The molecule has 0 bridgehead atoms. The summed E-state index contributed by atoms with van der Waals surface area (Å²) in [5, 5.41) is 3.01. The molecule has 1 aliphatic rings. The molecule has 0 spiro atoms. The molecule has 114 valence electrons. The van der Waals surface area contributed by atoms with Crippen LogP contribution in [0.5, 0.6) is 0 Å². The molecule has 0 aliphatic carbocycles. The number of nitrogens with one attached hydrogen (secondary N) is 1. The first-order valence-corrected chi connectivity index (χ1v) is 7.33. The quantitative estimate of drug-likeness (QED) is 0.909. The molecule has 3 heterocycles. The largest absolute Gasteiger partial charge is 0.355 e. The number of aryl methyl sites for hydroxylation is 1. The summed E-state index contributed by atoms with van der Waals surface area (Å²) in [4.78, 5) is 30.8. The first-order chi connectivity index (χ1) is 10.7. The molecule has 0 saturated carbocycles. The number of piperidine rings is 1. The number of amides is 1. The summed E-state index contributed by atoms with van der Waals surface area (Å²) < 4.78 is 0. The van der Waals surface area contributed by atoms with Crippen LogP contribution in [0.2, 0.25) is 0 Å². The summed E-state index contributed by atoms with van der Waals surface area (Å²) in [5.41, 5.74) is 1.27. The maximum Gasteiger partial charge on any atom is 0.271 e. The molecule has 1 saturated heterocycles. The van der Waals surface area contributed by atoms with E-state index in [4.69, 9.17) is 0 Å². The fourth-order valence-corrected chi connectivity index (χ4v) is 2.53. The molecular formula is C15H18N6O. The van der Waals surface area contributed by atoms with Crippen molar-refractivity contribution in [2.75, 3.05) is 18.0 Å². The van der Waals surface area contributed by atoms with Crippen LogP contribution in [0.25, 0.3) is 0 Å². The smallest absolute Gasteiger partial charge is 0.271 e. The number of carbonyl (C=O) groups is 1. The van der Waals surface area contributed by atoms with Crippen LogP contribution in [0.1, 0.15) is 29.0 Å². The predicted octanol–water partition coefficient (Wildman–Crippen LogP) is 0.974. The highest BCUT2D eigenvalue weighted by Crippen LogP contribution is 2.17. The summed E-state index contributed by atoms with van der Waals surface area (Å²) in [5.74, 6) is 0.737. The molecule has 22 heavy (non-hydrogen) atoms. The fraction of sp³-hybridized carbons (Fsp3) is 0.400. The maximum atomic E-state index is 12.1. The Morgan fingerprint density at radius 2 is 2.00 bits per heavy atom. The van der Waals surface area contributed by atoms with Gasteiger partial charge in [-0.2, -0.15) is 0 Å². The van der Waals surface area contributed by atoms with Crippen molar-refractivity contribution in [3.63, 3.8) is 0 Å². The number of carbonyl (C=O) groups excluding carboxylic acids is 1. The molecule has 1 N–H and O–H groups in total. The second-order valence-electron chi connectivity index (χ2n) is 5.34. The zero-order chi connectivity index (χ0) is 15.4. The zero-order valence-electron chi connectivity index (χ0n) is 12.4.